The first-order valence-electron chi connectivity index (χ1n) is 8.79. The van der Waals surface area contributed by atoms with Crippen LogP contribution in [0.4, 0.5) is 0 Å². The van der Waals surface area contributed by atoms with Gasteiger partial charge in [0.25, 0.3) is 0 Å². The molecule has 3 aliphatic rings. The van der Waals surface area contributed by atoms with E-state index in [1.54, 1.807) is 0 Å². The van der Waals surface area contributed by atoms with E-state index < -0.39 is 0 Å². The number of hydrogen-bond acceptors (Lipinski definition) is 2. The molecular weight excluding hydrogens is 389 g/mol. The largest absolute Gasteiger partial charge is 0.377 e. The summed E-state index contributed by atoms with van der Waals surface area (Å²) in [5.41, 5.74) is 0.206. The van der Waals surface area contributed by atoms with E-state index in [4.69, 9.17) is 9.73 Å². The lowest BCUT2D eigenvalue weighted by Gasteiger charge is -2.60. The molecule has 3 unspecified atom stereocenters. The Morgan fingerprint density at radius 2 is 2.00 bits per heavy atom. The van der Waals surface area contributed by atoms with Crippen LogP contribution in [0.15, 0.2) is 4.99 Å². The third-order valence-electron chi connectivity index (χ3n) is 5.70. The monoisotopic (exact) mass is 421 g/mol. The first-order chi connectivity index (χ1) is 10.1. The second-order valence-corrected chi connectivity index (χ2v) is 7.56. The highest BCUT2D eigenvalue weighted by molar-refractivity contribution is 14.0. The number of hydrogen-bond donors (Lipinski definition) is 2. The quantitative estimate of drug-likeness (QED) is 0.417. The van der Waals surface area contributed by atoms with Crippen molar-refractivity contribution in [3.05, 3.63) is 0 Å². The minimum atomic E-state index is 0. The van der Waals surface area contributed by atoms with Crippen LogP contribution < -0.4 is 10.6 Å². The fourth-order valence-corrected chi connectivity index (χ4v) is 4.18. The van der Waals surface area contributed by atoms with Gasteiger partial charge < -0.3 is 15.4 Å². The van der Waals surface area contributed by atoms with Gasteiger partial charge in [0.1, 0.15) is 0 Å². The summed E-state index contributed by atoms with van der Waals surface area (Å²) in [6, 6.07) is 0.488. The van der Waals surface area contributed by atoms with E-state index in [9.17, 15) is 0 Å². The number of halogens is 1. The van der Waals surface area contributed by atoms with E-state index in [2.05, 4.69) is 31.4 Å². The molecule has 1 aliphatic heterocycles. The highest BCUT2D eigenvalue weighted by Crippen LogP contribution is 2.51. The molecule has 2 N–H and O–H groups in total. The van der Waals surface area contributed by atoms with Crippen molar-refractivity contribution in [2.75, 3.05) is 19.7 Å². The Hall–Kier alpha value is -0.0400. The van der Waals surface area contributed by atoms with Crippen molar-refractivity contribution in [1.29, 1.82) is 0 Å². The zero-order chi connectivity index (χ0) is 14.9. The summed E-state index contributed by atoms with van der Waals surface area (Å²) in [4.78, 5) is 4.81. The van der Waals surface area contributed by atoms with E-state index in [-0.39, 0.29) is 29.4 Å². The molecule has 1 heterocycles. The van der Waals surface area contributed by atoms with Crippen LogP contribution in [0.3, 0.4) is 0 Å². The maximum absolute atomic E-state index is 5.99. The molecule has 3 fully saturated rings. The zero-order valence-corrected chi connectivity index (χ0v) is 16.6. The van der Waals surface area contributed by atoms with Gasteiger partial charge in [0.15, 0.2) is 5.96 Å². The molecule has 0 aromatic heterocycles. The van der Waals surface area contributed by atoms with Gasteiger partial charge in [-0.25, -0.2) is 0 Å². The number of nitrogens with zero attached hydrogens (tertiary/aromatic N) is 1. The van der Waals surface area contributed by atoms with Crippen molar-refractivity contribution in [2.45, 2.75) is 65.0 Å². The zero-order valence-electron chi connectivity index (χ0n) is 14.2. The van der Waals surface area contributed by atoms with Crippen LogP contribution in [0.2, 0.25) is 0 Å². The van der Waals surface area contributed by atoms with E-state index in [1.165, 1.54) is 32.1 Å². The van der Waals surface area contributed by atoms with Crippen molar-refractivity contribution in [3.8, 4) is 0 Å². The molecule has 2 saturated carbocycles. The smallest absolute Gasteiger partial charge is 0.191 e. The first kappa shape index (κ1) is 18.3. The molecule has 128 valence electrons. The maximum atomic E-state index is 5.99. The molecule has 22 heavy (non-hydrogen) atoms. The average Bonchev–Trinajstić information content (AvgIpc) is 2.43. The molecule has 5 heteroatoms. The Labute approximate surface area is 152 Å². The summed E-state index contributed by atoms with van der Waals surface area (Å²) in [7, 11) is 0. The molecule has 1 saturated heterocycles. The Bertz CT molecular complexity index is 395. The lowest BCUT2D eigenvalue weighted by molar-refractivity contribution is -0.188. The highest BCUT2D eigenvalue weighted by Gasteiger charge is 2.58. The van der Waals surface area contributed by atoms with Gasteiger partial charge in [0.05, 0.1) is 6.10 Å². The Balaban J connectivity index is 0.00000176. The van der Waals surface area contributed by atoms with E-state index >= 15 is 0 Å². The Morgan fingerprint density at radius 3 is 2.64 bits per heavy atom. The van der Waals surface area contributed by atoms with Crippen LogP contribution in [0, 0.1) is 17.3 Å². The molecule has 0 aromatic carbocycles. The minimum absolute atomic E-state index is 0. The Kier molecular flexibility index (Phi) is 6.39. The second kappa shape index (κ2) is 7.69. The van der Waals surface area contributed by atoms with Crippen LogP contribution in [-0.2, 0) is 4.74 Å². The average molecular weight is 421 g/mol. The standard InChI is InChI=1S/C17H31N3O.HI/c1-4-18-16(19-11-12-7-5-8-12)20-14-13-9-6-10-21-15(13)17(14,2)3;/h12-15H,4-11H2,1-3H3,(H2,18,19,20);1H. The molecule has 4 nitrogen and oxygen atoms in total. The first-order valence-corrected chi connectivity index (χ1v) is 8.79. The number of rotatable bonds is 4. The summed E-state index contributed by atoms with van der Waals surface area (Å²) < 4.78 is 5.99. The topological polar surface area (TPSA) is 45.7 Å². The van der Waals surface area contributed by atoms with Crippen molar-refractivity contribution in [2.24, 2.45) is 22.2 Å². The van der Waals surface area contributed by atoms with Crippen molar-refractivity contribution in [3.63, 3.8) is 0 Å². The number of aliphatic imine (C=N–C) groups is 1. The number of fused-ring (bicyclic) bond motifs is 1. The van der Waals surface area contributed by atoms with Crippen LogP contribution >= 0.6 is 24.0 Å². The normalized spacial score (nSPS) is 33.8. The van der Waals surface area contributed by atoms with Crippen molar-refractivity contribution < 1.29 is 4.74 Å². The van der Waals surface area contributed by atoms with Gasteiger partial charge in [0, 0.05) is 37.1 Å². The molecule has 0 spiro atoms. The van der Waals surface area contributed by atoms with Crippen molar-refractivity contribution >= 4 is 29.9 Å². The number of guanidine groups is 1. The van der Waals surface area contributed by atoms with Gasteiger partial charge in [-0.05, 0) is 38.5 Å². The fraction of sp³-hybridized carbons (Fsp3) is 0.941. The summed E-state index contributed by atoms with van der Waals surface area (Å²) in [6.07, 6.45) is 7.02. The molecule has 0 aromatic rings. The summed E-state index contributed by atoms with van der Waals surface area (Å²) in [5, 5.41) is 7.12. The second-order valence-electron chi connectivity index (χ2n) is 7.56. The van der Waals surface area contributed by atoms with Crippen LogP contribution in [-0.4, -0.2) is 37.8 Å². The van der Waals surface area contributed by atoms with Crippen LogP contribution in [0.1, 0.15) is 52.9 Å². The lowest BCUT2D eigenvalue weighted by atomic mass is 9.55. The third-order valence-corrected chi connectivity index (χ3v) is 5.70. The SMILES string of the molecule is CCNC(=NCC1CCC1)NC1C2CCCOC2C1(C)C.I. The highest BCUT2D eigenvalue weighted by atomic mass is 127. The van der Waals surface area contributed by atoms with Gasteiger partial charge in [-0.3, -0.25) is 4.99 Å². The van der Waals surface area contributed by atoms with Gasteiger partial charge in [-0.2, -0.15) is 0 Å². The number of ether oxygens (including phenoxy) is 1. The van der Waals surface area contributed by atoms with Gasteiger partial charge >= 0.3 is 0 Å². The molecule has 0 amide bonds. The maximum Gasteiger partial charge on any atom is 0.191 e. The summed E-state index contributed by atoms with van der Waals surface area (Å²) in [6.45, 7) is 9.63. The van der Waals surface area contributed by atoms with E-state index in [0.29, 0.717) is 18.1 Å². The molecule has 3 atom stereocenters. The predicted molar refractivity (Wildman–Crippen MR) is 102 cm³/mol. The van der Waals surface area contributed by atoms with Crippen LogP contribution in [0.5, 0.6) is 0 Å². The van der Waals surface area contributed by atoms with Gasteiger partial charge in [-0.1, -0.05) is 20.3 Å². The van der Waals surface area contributed by atoms with Crippen LogP contribution in [0.25, 0.3) is 0 Å². The molecule has 0 radical (unpaired) electrons. The molecule has 2 aliphatic carbocycles. The van der Waals surface area contributed by atoms with Crippen molar-refractivity contribution in [1.82, 2.24) is 10.6 Å². The van der Waals surface area contributed by atoms with E-state index in [1.807, 2.05) is 0 Å². The number of nitrogens with one attached hydrogen (secondary N) is 2. The van der Waals surface area contributed by atoms with Gasteiger partial charge in [0.2, 0.25) is 0 Å². The minimum Gasteiger partial charge on any atom is -0.377 e. The summed E-state index contributed by atoms with van der Waals surface area (Å²) in [5.74, 6) is 2.48. The molecule has 0 bridgehead atoms. The van der Waals surface area contributed by atoms with E-state index in [0.717, 1.165) is 31.6 Å². The third kappa shape index (κ3) is 3.55. The molecular formula is C17H32IN3O. The van der Waals surface area contributed by atoms with Gasteiger partial charge in [-0.15, -0.1) is 24.0 Å². The Morgan fingerprint density at radius 1 is 1.23 bits per heavy atom. The summed E-state index contributed by atoms with van der Waals surface area (Å²) >= 11 is 0. The molecule has 3 rings (SSSR count). The lowest BCUT2D eigenvalue weighted by Crippen LogP contribution is -2.71. The predicted octanol–water partition coefficient (Wildman–Crippen LogP) is 3.16. The fourth-order valence-electron chi connectivity index (χ4n) is 4.18.